The third-order valence-electron chi connectivity index (χ3n) is 27.6. The predicted molar refractivity (Wildman–Crippen MR) is 564 cm³/mol. The van der Waals surface area contributed by atoms with Crippen molar-refractivity contribution in [2.24, 2.45) is 0 Å². The molecule has 610 valence electrons. The molecule has 29 aromatic rings. The summed E-state index contributed by atoms with van der Waals surface area (Å²) >= 11 is 0. The van der Waals surface area contributed by atoms with E-state index in [1.165, 1.54) is 244 Å². The van der Waals surface area contributed by atoms with E-state index in [0.29, 0.717) is 0 Å². The van der Waals surface area contributed by atoms with Gasteiger partial charge in [0, 0.05) is 65.7 Å². The molecule has 0 saturated heterocycles. The van der Waals surface area contributed by atoms with E-state index >= 15 is 0 Å². The molecule has 0 N–H and O–H groups in total. The van der Waals surface area contributed by atoms with Gasteiger partial charge in [0.2, 0.25) is 0 Å². The first-order valence-electron chi connectivity index (χ1n) is 45.2. The Morgan fingerprint density at radius 1 is 0.121 bits per heavy atom. The van der Waals surface area contributed by atoms with Crippen molar-refractivity contribution in [3.8, 4) is 44.5 Å². The number of pyridine rings is 3. The highest BCUT2D eigenvalue weighted by atomic mass is 14.8. The van der Waals surface area contributed by atoms with Gasteiger partial charge in [-0.05, 0) is 329 Å². The summed E-state index contributed by atoms with van der Waals surface area (Å²) in [5, 5.41) is 51.3. The van der Waals surface area contributed by atoms with Gasteiger partial charge in [-0.3, -0.25) is 24.9 Å². The molecule has 0 aliphatic heterocycles. The van der Waals surface area contributed by atoms with Crippen LogP contribution in [0.5, 0.6) is 0 Å². The van der Waals surface area contributed by atoms with Crippen LogP contribution in [-0.4, -0.2) is 24.9 Å². The van der Waals surface area contributed by atoms with Gasteiger partial charge in [-0.1, -0.05) is 334 Å². The second-order valence-corrected chi connectivity index (χ2v) is 34.7. The Morgan fingerprint density at radius 3 is 0.841 bits per heavy atom. The maximum absolute atomic E-state index is 4.57. The van der Waals surface area contributed by atoms with Gasteiger partial charge in [-0.25, -0.2) is 0 Å². The highest BCUT2D eigenvalue weighted by Crippen LogP contribution is 2.50. The highest BCUT2D eigenvalue weighted by molar-refractivity contribution is 6.39. The fraction of sp³-hybridized carbons (Fsp3) is 0. The Balaban J connectivity index is 0.0000000926. The van der Waals surface area contributed by atoms with E-state index in [0.717, 1.165) is 27.4 Å². The fourth-order valence-electron chi connectivity index (χ4n) is 21.5. The van der Waals surface area contributed by atoms with Crippen LogP contribution in [0.4, 0.5) is 0 Å². The first-order chi connectivity index (χ1) is 65.5. The average molecular weight is 1670 g/mol. The average Bonchev–Trinajstić information content (AvgIpc) is 0.725. The van der Waals surface area contributed by atoms with Gasteiger partial charge in [0.25, 0.3) is 0 Å². The molecule has 0 unspecified atom stereocenters. The molecule has 132 heavy (non-hydrogen) atoms. The smallest absolute Gasteiger partial charge is 0.0892 e. The third-order valence-corrected chi connectivity index (χ3v) is 27.6. The summed E-state index contributed by atoms with van der Waals surface area (Å²) in [5.74, 6) is 0. The lowest BCUT2D eigenvalue weighted by molar-refractivity contribution is 1.29. The van der Waals surface area contributed by atoms with Crippen LogP contribution < -0.4 is 0 Å². The number of benzene rings is 25. The van der Waals surface area contributed by atoms with Crippen LogP contribution in [-0.2, 0) is 0 Å². The quantitative estimate of drug-likeness (QED) is 0.130. The Hall–Kier alpha value is -17.5. The summed E-state index contributed by atoms with van der Waals surface area (Å²) < 4.78 is 0. The van der Waals surface area contributed by atoms with Crippen molar-refractivity contribution in [2.75, 3.05) is 0 Å². The molecule has 0 amide bonds. The lowest BCUT2D eigenvalue weighted by Crippen LogP contribution is -1.90. The van der Waals surface area contributed by atoms with Crippen molar-refractivity contribution in [1.82, 2.24) is 24.9 Å². The normalized spacial score (nSPS) is 11.8. The van der Waals surface area contributed by atoms with Crippen molar-refractivity contribution in [2.45, 2.75) is 0 Å². The molecule has 0 bridgehead atoms. The monoisotopic (exact) mass is 1670 g/mol. The molecular formula is C127H77N5. The first kappa shape index (κ1) is 75.8. The molecule has 0 aliphatic carbocycles. The number of nitrogens with zero attached hydrogens (tertiary/aromatic N) is 5. The topological polar surface area (TPSA) is 64.5 Å². The van der Waals surface area contributed by atoms with Gasteiger partial charge in [-0.2, -0.15) is 0 Å². The lowest BCUT2D eigenvalue weighted by atomic mass is 9.86. The Morgan fingerprint density at radius 2 is 0.371 bits per heavy atom. The standard InChI is InChI=1S/C35H21N.C34H20N2.C31H19N.C27H17N/c1-2-8-23-19-33-32(18-22(23)7-1)27-9-3-4-10-28(27)34-20-31(29-11-5-6-12-30(29)35(33)34)25-13-14-26-21-36-16-15-24(26)17-25;1-2-8-23-21(7-1)13-15-28-24-9-3-4-10-25(24)30-20-29(22-14-16-31-32(19-22)36-18-17-35-31)26-11-5-6-12-27(26)34(30)33(23)28;1-2-9-25-23(7-1)24-8-3-5-11-27(24)31-28-12-6-4-10-26(28)29(18-30(25)31)21-13-14-22-19-32-16-15-20(22)17-21;1-2-6-22-18(5-1)11-12-25-23-7-3-4-8-24(23)26(16-27(22)25)20-9-10-21-17-28-14-13-19(21)15-20/h1-21H;1-20H;1-19H;1-17H. The van der Waals surface area contributed by atoms with Crippen LogP contribution in [0.2, 0.25) is 0 Å². The van der Waals surface area contributed by atoms with Crippen LogP contribution in [0, 0.1) is 0 Å². The summed E-state index contributed by atoms with van der Waals surface area (Å²) in [7, 11) is 0. The zero-order valence-corrected chi connectivity index (χ0v) is 71.7. The van der Waals surface area contributed by atoms with Gasteiger partial charge in [0.1, 0.15) is 0 Å². The summed E-state index contributed by atoms with van der Waals surface area (Å²) in [6, 6.07) is 153. The van der Waals surface area contributed by atoms with E-state index in [1.807, 2.05) is 37.2 Å². The van der Waals surface area contributed by atoms with Crippen molar-refractivity contribution < 1.29 is 0 Å². The van der Waals surface area contributed by atoms with Crippen LogP contribution in [0.1, 0.15) is 0 Å². The number of aromatic nitrogens is 5. The van der Waals surface area contributed by atoms with Gasteiger partial charge < -0.3 is 0 Å². The second-order valence-electron chi connectivity index (χ2n) is 34.7. The van der Waals surface area contributed by atoms with E-state index in [4.69, 9.17) is 0 Å². The van der Waals surface area contributed by atoms with E-state index in [9.17, 15) is 0 Å². The molecule has 5 nitrogen and oxygen atoms in total. The Bertz CT molecular complexity index is 9860. The van der Waals surface area contributed by atoms with Gasteiger partial charge in [0.15, 0.2) is 0 Å². The molecular weight excluding hydrogens is 1600 g/mol. The second kappa shape index (κ2) is 31.2. The number of fused-ring (bicyclic) bond motifs is 36. The van der Waals surface area contributed by atoms with Crippen molar-refractivity contribution in [3.63, 3.8) is 0 Å². The number of rotatable bonds is 4. The van der Waals surface area contributed by atoms with E-state index in [-0.39, 0.29) is 0 Å². The maximum Gasteiger partial charge on any atom is 0.0892 e. The van der Waals surface area contributed by atoms with E-state index in [1.54, 1.807) is 12.4 Å². The molecule has 25 aromatic carbocycles. The van der Waals surface area contributed by atoms with Gasteiger partial charge >= 0.3 is 0 Å². The van der Waals surface area contributed by atoms with Crippen LogP contribution in [0.15, 0.2) is 468 Å². The van der Waals surface area contributed by atoms with Crippen LogP contribution in [0.25, 0.3) is 271 Å². The number of hydrogen-bond acceptors (Lipinski definition) is 5. The summed E-state index contributed by atoms with van der Waals surface area (Å²) in [5.41, 5.74) is 11.7. The first-order valence-corrected chi connectivity index (χ1v) is 45.2. The molecule has 29 rings (SSSR count). The van der Waals surface area contributed by atoms with Crippen molar-refractivity contribution in [3.05, 3.63) is 468 Å². The molecule has 0 radical (unpaired) electrons. The minimum Gasteiger partial charge on any atom is -0.264 e. The maximum atomic E-state index is 4.57. The zero-order valence-electron chi connectivity index (χ0n) is 71.7. The van der Waals surface area contributed by atoms with E-state index < -0.39 is 0 Å². The molecule has 4 heterocycles. The van der Waals surface area contributed by atoms with Crippen LogP contribution >= 0.6 is 0 Å². The minimum absolute atomic E-state index is 0.911. The molecule has 0 spiro atoms. The van der Waals surface area contributed by atoms with Crippen molar-refractivity contribution >= 4 is 226 Å². The Labute approximate surface area is 758 Å². The summed E-state index contributed by atoms with van der Waals surface area (Å²) in [6.07, 6.45) is 14.9. The summed E-state index contributed by atoms with van der Waals surface area (Å²) in [6.45, 7) is 0. The molecule has 4 aromatic heterocycles. The van der Waals surface area contributed by atoms with E-state index in [2.05, 4.69) is 443 Å². The minimum atomic E-state index is 0.911. The third kappa shape index (κ3) is 12.6. The SMILES string of the molecule is c1ccc2c(c1)c(-c1ccc3cnccc3c1)cc1c3ccccc3c3ccccc3c21.c1ccc2c(c1)ccc1c3ccccc3c(-c3ccc4cnccc4c3)cc21.c1ccc2c(c1)ccc1c3ccccc3c3cc(-c4ccc5nccnc5c4)c4ccccc4c3c21.c1ccc2cc3c(cc2c1)c1ccccc1c1cc(-c2ccc4cnccc4c2)c2ccccc2c13. The van der Waals surface area contributed by atoms with Gasteiger partial charge in [-0.15, -0.1) is 0 Å². The highest BCUT2D eigenvalue weighted by Gasteiger charge is 2.22. The lowest BCUT2D eigenvalue weighted by Gasteiger charge is -2.17. The number of hydrogen-bond donors (Lipinski definition) is 0. The predicted octanol–water partition coefficient (Wildman–Crippen LogP) is 34.6. The van der Waals surface area contributed by atoms with Crippen LogP contribution in [0.3, 0.4) is 0 Å². The largest absolute Gasteiger partial charge is 0.264 e. The molecule has 5 heteroatoms. The van der Waals surface area contributed by atoms with Gasteiger partial charge in [0.05, 0.1) is 11.0 Å². The molecule has 0 saturated carbocycles. The zero-order chi connectivity index (χ0) is 86.9. The molecule has 0 fully saturated rings. The molecule has 0 atom stereocenters. The van der Waals surface area contributed by atoms with Crippen molar-refractivity contribution in [1.29, 1.82) is 0 Å². The summed E-state index contributed by atoms with van der Waals surface area (Å²) in [4.78, 5) is 21.8. The fourth-order valence-corrected chi connectivity index (χ4v) is 21.5. The Kier molecular flexibility index (Phi) is 17.9. The molecule has 0 aliphatic rings.